The number of hydrogen-bond donors (Lipinski definition) is 1. The van der Waals surface area contributed by atoms with Crippen LogP contribution >= 0.6 is 11.3 Å². The van der Waals surface area contributed by atoms with E-state index < -0.39 is 17.7 Å². The van der Waals surface area contributed by atoms with Crippen LogP contribution in [0.4, 0.5) is 0 Å². The van der Waals surface area contributed by atoms with Crippen molar-refractivity contribution in [3.8, 4) is 0 Å². The zero-order valence-electron chi connectivity index (χ0n) is 19.8. The number of aryl methyl sites for hydroxylation is 2. The van der Waals surface area contributed by atoms with E-state index in [-0.39, 0.29) is 11.4 Å². The third-order valence-corrected chi connectivity index (χ3v) is 7.20. The quantitative estimate of drug-likeness (QED) is 0.550. The number of aliphatic hydroxyl groups is 1. The minimum atomic E-state index is -0.617. The SMILES string of the molecule is CCN(CC)CCN1C(=O)C(O)=C(C(=O)c2sc(C)nc2C)[C@H]1c1ccc(C(C)C)cc1. The van der Waals surface area contributed by atoms with E-state index in [1.165, 1.54) is 16.9 Å². The summed E-state index contributed by atoms with van der Waals surface area (Å²) in [6.07, 6.45) is 0. The van der Waals surface area contributed by atoms with Gasteiger partial charge in [-0.1, -0.05) is 52.0 Å². The fourth-order valence-electron chi connectivity index (χ4n) is 4.18. The van der Waals surface area contributed by atoms with Crippen molar-refractivity contribution in [1.82, 2.24) is 14.8 Å². The van der Waals surface area contributed by atoms with Gasteiger partial charge in [-0.25, -0.2) is 4.98 Å². The van der Waals surface area contributed by atoms with Crippen molar-refractivity contribution in [2.75, 3.05) is 26.2 Å². The summed E-state index contributed by atoms with van der Waals surface area (Å²) in [4.78, 5) is 35.4. The number of carbonyl (C=O) groups is 2. The third kappa shape index (κ3) is 4.64. The number of Topliss-reactive ketones (excluding diaryl/α,β-unsaturated/α-hetero) is 1. The number of aliphatic hydroxyl groups excluding tert-OH is 1. The van der Waals surface area contributed by atoms with Crippen LogP contribution < -0.4 is 0 Å². The predicted molar refractivity (Wildman–Crippen MR) is 128 cm³/mol. The lowest BCUT2D eigenvalue weighted by Crippen LogP contribution is -2.38. The number of carbonyl (C=O) groups excluding carboxylic acids is 2. The second-order valence-electron chi connectivity index (χ2n) is 8.49. The molecule has 0 unspecified atom stereocenters. The Morgan fingerprint density at radius 2 is 1.81 bits per heavy atom. The average molecular weight is 456 g/mol. The van der Waals surface area contributed by atoms with Crippen molar-refractivity contribution in [1.29, 1.82) is 0 Å². The molecular formula is C25H33N3O3S. The van der Waals surface area contributed by atoms with Gasteiger partial charge >= 0.3 is 0 Å². The molecule has 0 saturated carbocycles. The highest BCUT2D eigenvalue weighted by Crippen LogP contribution is 2.40. The number of benzene rings is 1. The highest BCUT2D eigenvalue weighted by Gasteiger charge is 2.44. The molecule has 2 heterocycles. The van der Waals surface area contributed by atoms with E-state index >= 15 is 0 Å². The summed E-state index contributed by atoms with van der Waals surface area (Å²) < 4.78 is 0. The summed E-state index contributed by atoms with van der Waals surface area (Å²) in [6.45, 7) is 14.9. The van der Waals surface area contributed by atoms with Gasteiger partial charge in [-0.05, 0) is 44.0 Å². The van der Waals surface area contributed by atoms with E-state index in [1.807, 2.05) is 31.2 Å². The van der Waals surface area contributed by atoms with E-state index in [4.69, 9.17) is 0 Å². The number of likely N-dealkylation sites (N-methyl/N-ethyl adjacent to an activating group) is 1. The standard InChI is InChI=1S/C25H33N3O3S/c1-7-27(8-2)13-14-28-21(19-11-9-18(10-12-19)15(3)4)20(23(30)25(28)31)22(29)24-16(5)26-17(6)32-24/h9-12,15,21,30H,7-8,13-14H2,1-6H3/t21-/m1/s1. The lowest BCUT2D eigenvalue weighted by atomic mass is 9.93. The van der Waals surface area contributed by atoms with E-state index in [0.29, 0.717) is 29.6 Å². The number of ketones is 1. The Morgan fingerprint density at radius 3 is 2.31 bits per heavy atom. The van der Waals surface area contributed by atoms with Crippen LogP contribution in [0.1, 0.15) is 71.2 Å². The largest absolute Gasteiger partial charge is 0.503 e. The Kier molecular flexibility index (Phi) is 7.51. The molecule has 6 nitrogen and oxygen atoms in total. The summed E-state index contributed by atoms with van der Waals surface area (Å²) in [5.74, 6) is -0.876. The monoisotopic (exact) mass is 455 g/mol. The number of amides is 1. The lowest BCUT2D eigenvalue weighted by Gasteiger charge is -2.29. The molecule has 1 aromatic carbocycles. The van der Waals surface area contributed by atoms with E-state index in [0.717, 1.165) is 23.7 Å². The Morgan fingerprint density at radius 1 is 1.19 bits per heavy atom. The first kappa shape index (κ1) is 24.1. The Bertz CT molecular complexity index is 1020. The first-order valence-corrected chi connectivity index (χ1v) is 12.1. The van der Waals surface area contributed by atoms with Crippen LogP contribution in [0.3, 0.4) is 0 Å². The highest BCUT2D eigenvalue weighted by atomic mass is 32.1. The van der Waals surface area contributed by atoms with Crippen LogP contribution in [0, 0.1) is 13.8 Å². The average Bonchev–Trinajstić information content (AvgIpc) is 3.24. The molecule has 1 atom stereocenters. The minimum absolute atomic E-state index is 0.151. The molecule has 2 aromatic rings. The number of nitrogens with zero attached hydrogens (tertiary/aromatic N) is 3. The van der Waals surface area contributed by atoms with Crippen molar-refractivity contribution < 1.29 is 14.7 Å². The molecule has 7 heteroatoms. The third-order valence-electron chi connectivity index (χ3n) is 6.13. The zero-order valence-corrected chi connectivity index (χ0v) is 20.6. The highest BCUT2D eigenvalue weighted by molar-refractivity contribution is 7.14. The fraction of sp³-hybridized carbons (Fsp3) is 0.480. The molecular weight excluding hydrogens is 422 g/mol. The smallest absolute Gasteiger partial charge is 0.290 e. The van der Waals surface area contributed by atoms with Crippen molar-refractivity contribution in [3.63, 3.8) is 0 Å². The van der Waals surface area contributed by atoms with E-state index in [1.54, 1.807) is 11.8 Å². The van der Waals surface area contributed by atoms with Gasteiger partial charge in [0.25, 0.3) is 5.91 Å². The summed E-state index contributed by atoms with van der Waals surface area (Å²) in [5.41, 5.74) is 2.79. The van der Waals surface area contributed by atoms with Crippen LogP contribution in [0.2, 0.25) is 0 Å². The summed E-state index contributed by atoms with van der Waals surface area (Å²) in [5, 5.41) is 11.6. The molecule has 0 radical (unpaired) electrons. The van der Waals surface area contributed by atoms with Crippen LogP contribution in [-0.4, -0.2) is 57.8 Å². The first-order chi connectivity index (χ1) is 15.2. The fourth-order valence-corrected chi connectivity index (χ4v) is 5.05. The minimum Gasteiger partial charge on any atom is -0.503 e. The lowest BCUT2D eigenvalue weighted by molar-refractivity contribution is -0.129. The second kappa shape index (κ2) is 9.96. The molecule has 1 aliphatic rings. The molecule has 3 rings (SSSR count). The number of aromatic nitrogens is 1. The molecule has 0 aliphatic carbocycles. The molecule has 1 N–H and O–H groups in total. The molecule has 1 aromatic heterocycles. The maximum absolute atomic E-state index is 13.6. The first-order valence-electron chi connectivity index (χ1n) is 11.2. The molecule has 0 bridgehead atoms. The molecule has 172 valence electrons. The summed E-state index contributed by atoms with van der Waals surface area (Å²) in [6, 6.07) is 7.38. The normalized spacial score (nSPS) is 16.7. The number of hydrogen-bond acceptors (Lipinski definition) is 6. The van der Waals surface area contributed by atoms with Crippen molar-refractivity contribution in [2.24, 2.45) is 0 Å². The van der Waals surface area contributed by atoms with Crippen LogP contribution in [-0.2, 0) is 4.79 Å². The topological polar surface area (TPSA) is 73.7 Å². The Balaban J connectivity index is 2.05. The van der Waals surface area contributed by atoms with Gasteiger partial charge in [0.1, 0.15) is 0 Å². The van der Waals surface area contributed by atoms with Gasteiger partial charge in [-0.2, -0.15) is 0 Å². The molecule has 1 amide bonds. The van der Waals surface area contributed by atoms with Gasteiger partial charge in [-0.3, -0.25) is 9.59 Å². The number of thiazole rings is 1. The molecule has 32 heavy (non-hydrogen) atoms. The summed E-state index contributed by atoms with van der Waals surface area (Å²) in [7, 11) is 0. The maximum atomic E-state index is 13.6. The van der Waals surface area contributed by atoms with Crippen LogP contribution in [0.25, 0.3) is 0 Å². The van der Waals surface area contributed by atoms with Gasteiger partial charge in [0.05, 0.1) is 27.2 Å². The van der Waals surface area contributed by atoms with Gasteiger partial charge < -0.3 is 14.9 Å². The molecule has 0 fully saturated rings. The maximum Gasteiger partial charge on any atom is 0.290 e. The van der Waals surface area contributed by atoms with E-state index in [9.17, 15) is 14.7 Å². The predicted octanol–water partition coefficient (Wildman–Crippen LogP) is 4.80. The van der Waals surface area contributed by atoms with Gasteiger partial charge in [-0.15, -0.1) is 11.3 Å². The molecule has 1 aliphatic heterocycles. The molecule has 0 spiro atoms. The van der Waals surface area contributed by atoms with Crippen molar-refractivity contribution >= 4 is 23.0 Å². The van der Waals surface area contributed by atoms with Crippen LogP contribution in [0.15, 0.2) is 35.6 Å². The summed E-state index contributed by atoms with van der Waals surface area (Å²) >= 11 is 1.30. The Labute approximate surface area is 194 Å². The Hall–Kier alpha value is -2.51. The second-order valence-corrected chi connectivity index (χ2v) is 9.69. The van der Waals surface area contributed by atoms with E-state index in [2.05, 4.69) is 37.6 Å². The van der Waals surface area contributed by atoms with Gasteiger partial charge in [0, 0.05) is 13.1 Å². The van der Waals surface area contributed by atoms with Crippen LogP contribution in [0.5, 0.6) is 0 Å². The van der Waals surface area contributed by atoms with Crippen molar-refractivity contribution in [3.05, 3.63) is 62.3 Å². The van der Waals surface area contributed by atoms with Gasteiger partial charge in [0.2, 0.25) is 5.78 Å². The van der Waals surface area contributed by atoms with Gasteiger partial charge in [0.15, 0.2) is 5.76 Å². The number of rotatable bonds is 9. The van der Waals surface area contributed by atoms with Crippen molar-refractivity contribution in [2.45, 2.75) is 53.5 Å². The zero-order chi connectivity index (χ0) is 23.6. The molecule has 0 saturated heterocycles.